The maximum atomic E-state index is 12.4. The fraction of sp³-hybridized carbons (Fsp3) is 0.923. The van der Waals surface area contributed by atoms with Crippen LogP contribution in [-0.4, -0.2) is 59.2 Å². The van der Waals surface area contributed by atoms with Crippen LogP contribution in [0.15, 0.2) is 0 Å². The van der Waals surface area contributed by atoms with Gasteiger partial charge in [0.05, 0.1) is 18.2 Å². The summed E-state index contributed by atoms with van der Waals surface area (Å²) in [6, 6.07) is -0.00301. The molecule has 0 aliphatic carbocycles. The maximum Gasteiger partial charge on any atom is 0.237 e. The zero-order chi connectivity index (χ0) is 13.0. The second kappa shape index (κ2) is 6.26. The average Bonchev–Trinajstić information content (AvgIpc) is 2.40. The monoisotopic (exact) mass is 272 g/mol. The summed E-state index contributed by atoms with van der Waals surface area (Å²) in [5.74, 6) is 2.17. The van der Waals surface area contributed by atoms with Gasteiger partial charge in [0.15, 0.2) is 0 Å². The number of aliphatic hydroxyl groups excluding tert-OH is 1. The number of carbonyl (C=O) groups excluding carboxylic acids is 1. The number of aliphatic hydroxyl groups is 1. The van der Waals surface area contributed by atoms with Crippen LogP contribution in [0.4, 0.5) is 0 Å². The summed E-state index contributed by atoms with van der Waals surface area (Å²) in [7, 11) is 2.02. The van der Waals surface area contributed by atoms with Crippen LogP contribution < -0.4 is 5.32 Å². The zero-order valence-electron chi connectivity index (χ0n) is 11.2. The second-order valence-corrected chi connectivity index (χ2v) is 6.76. The van der Waals surface area contributed by atoms with Gasteiger partial charge in [-0.1, -0.05) is 6.42 Å². The van der Waals surface area contributed by atoms with Gasteiger partial charge in [-0.3, -0.25) is 9.69 Å². The lowest BCUT2D eigenvalue weighted by Gasteiger charge is -2.39. The van der Waals surface area contributed by atoms with Gasteiger partial charge in [0.25, 0.3) is 0 Å². The molecule has 0 spiro atoms. The van der Waals surface area contributed by atoms with Crippen molar-refractivity contribution in [3.05, 3.63) is 0 Å². The lowest BCUT2D eigenvalue weighted by Crippen LogP contribution is -2.58. The van der Waals surface area contributed by atoms with Crippen LogP contribution in [0.5, 0.6) is 0 Å². The van der Waals surface area contributed by atoms with Crippen LogP contribution in [0.1, 0.15) is 32.1 Å². The van der Waals surface area contributed by atoms with Crippen LogP contribution in [0.25, 0.3) is 0 Å². The first-order chi connectivity index (χ1) is 8.67. The summed E-state index contributed by atoms with van der Waals surface area (Å²) in [4.78, 5) is 14.5. The highest BCUT2D eigenvalue weighted by molar-refractivity contribution is 7.99. The van der Waals surface area contributed by atoms with Gasteiger partial charge in [0, 0.05) is 0 Å². The molecule has 0 unspecified atom stereocenters. The second-order valence-electron chi connectivity index (χ2n) is 5.53. The van der Waals surface area contributed by atoms with Gasteiger partial charge in [-0.05, 0) is 50.8 Å². The van der Waals surface area contributed by atoms with E-state index in [1.165, 1.54) is 6.42 Å². The molecule has 0 aromatic heterocycles. The molecule has 2 fully saturated rings. The minimum absolute atomic E-state index is 0.00301. The Kier molecular flexibility index (Phi) is 4.92. The van der Waals surface area contributed by atoms with Crippen LogP contribution in [0.2, 0.25) is 0 Å². The molecule has 1 atom stereocenters. The number of rotatable bonds is 3. The average molecular weight is 272 g/mol. The number of hydrogen-bond donors (Lipinski definition) is 2. The van der Waals surface area contributed by atoms with Crippen LogP contribution in [0.3, 0.4) is 0 Å². The molecule has 1 amide bonds. The molecule has 2 aliphatic heterocycles. The molecule has 0 aromatic rings. The van der Waals surface area contributed by atoms with Crippen molar-refractivity contribution in [2.24, 2.45) is 0 Å². The molecule has 0 bridgehead atoms. The molecule has 2 aliphatic rings. The van der Waals surface area contributed by atoms with Gasteiger partial charge in [-0.25, -0.2) is 0 Å². The molecule has 0 radical (unpaired) electrons. The number of carbonyl (C=O) groups is 1. The Hall–Kier alpha value is -0.260. The van der Waals surface area contributed by atoms with Crippen LogP contribution in [0, 0.1) is 0 Å². The summed E-state index contributed by atoms with van der Waals surface area (Å²) in [6.45, 7) is 1.07. The molecule has 2 rings (SSSR count). The number of hydrogen-bond acceptors (Lipinski definition) is 4. The standard InChI is InChI=1S/C13H24N2O2S/c1-15-7-3-2-4-11(15)12(17)14-13(10-16)5-8-18-9-6-13/h11,16H,2-10H2,1H3,(H,14,17)/t11-/m0/s1. The minimum atomic E-state index is -0.360. The third-order valence-corrected chi connectivity index (χ3v) is 5.20. The third kappa shape index (κ3) is 3.19. The Labute approximate surface area is 113 Å². The number of nitrogens with zero attached hydrogens (tertiary/aromatic N) is 1. The minimum Gasteiger partial charge on any atom is -0.394 e. The maximum absolute atomic E-state index is 12.4. The van der Waals surface area contributed by atoms with Crippen molar-refractivity contribution in [3.8, 4) is 0 Å². The van der Waals surface area contributed by atoms with Crippen LogP contribution in [-0.2, 0) is 4.79 Å². The first-order valence-corrected chi connectivity index (χ1v) is 8.03. The Morgan fingerprint density at radius 1 is 1.44 bits per heavy atom. The van der Waals surface area contributed by atoms with Crippen LogP contribution >= 0.6 is 11.8 Å². The zero-order valence-corrected chi connectivity index (χ0v) is 12.0. The number of piperidine rings is 1. The van der Waals surface area contributed by atoms with Crippen molar-refractivity contribution in [2.45, 2.75) is 43.7 Å². The van der Waals surface area contributed by atoms with E-state index >= 15 is 0 Å². The van der Waals surface area contributed by atoms with Crippen molar-refractivity contribution in [1.29, 1.82) is 0 Å². The van der Waals surface area contributed by atoms with Crippen molar-refractivity contribution in [1.82, 2.24) is 10.2 Å². The molecular formula is C13H24N2O2S. The van der Waals surface area contributed by atoms with Gasteiger partial charge < -0.3 is 10.4 Å². The molecule has 5 heteroatoms. The number of likely N-dealkylation sites (N-methyl/N-ethyl adjacent to an activating group) is 1. The first-order valence-electron chi connectivity index (χ1n) is 6.88. The van der Waals surface area contributed by atoms with E-state index in [1.807, 2.05) is 18.8 Å². The van der Waals surface area contributed by atoms with E-state index in [9.17, 15) is 9.90 Å². The van der Waals surface area contributed by atoms with E-state index in [1.54, 1.807) is 0 Å². The molecule has 2 N–H and O–H groups in total. The van der Waals surface area contributed by atoms with Gasteiger partial charge in [0.2, 0.25) is 5.91 Å². The SMILES string of the molecule is CN1CCCC[C@H]1C(=O)NC1(CO)CCSCC1. The van der Waals surface area contributed by atoms with Gasteiger partial charge in [0.1, 0.15) is 0 Å². The topological polar surface area (TPSA) is 52.6 Å². The number of amides is 1. The Balaban J connectivity index is 1.95. The molecule has 4 nitrogen and oxygen atoms in total. The normalized spacial score (nSPS) is 28.9. The molecule has 104 valence electrons. The molecule has 0 aromatic carbocycles. The fourth-order valence-electron chi connectivity index (χ4n) is 2.84. The van der Waals surface area contributed by atoms with E-state index < -0.39 is 0 Å². The number of likely N-dealkylation sites (tertiary alicyclic amines) is 1. The van der Waals surface area contributed by atoms with Crippen molar-refractivity contribution >= 4 is 17.7 Å². The smallest absolute Gasteiger partial charge is 0.237 e. The highest BCUT2D eigenvalue weighted by Crippen LogP contribution is 2.27. The lowest BCUT2D eigenvalue weighted by atomic mass is 9.92. The largest absolute Gasteiger partial charge is 0.394 e. The quantitative estimate of drug-likeness (QED) is 0.799. The van der Waals surface area contributed by atoms with Crippen molar-refractivity contribution in [2.75, 3.05) is 31.7 Å². The Morgan fingerprint density at radius 2 is 2.17 bits per heavy atom. The molecule has 2 heterocycles. The highest BCUT2D eigenvalue weighted by Gasteiger charge is 2.36. The van der Waals surface area contributed by atoms with E-state index in [0.29, 0.717) is 0 Å². The highest BCUT2D eigenvalue weighted by atomic mass is 32.2. The first kappa shape index (κ1) is 14.2. The van der Waals surface area contributed by atoms with Crippen molar-refractivity contribution in [3.63, 3.8) is 0 Å². The summed E-state index contributed by atoms with van der Waals surface area (Å²) in [5.41, 5.74) is -0.360. The third-order valence-electron chi connectivity index (χ3n) is 4.21. The van der Waals surface area contributed by atoms with E-state index in [4.69, 9.17) is 0 Å². The Morgan fingerprint density at radius 3 is 2.78 bits per heavy atom. The Bertz CT molecular complexity index is 293. The number of thioether (sulfide) groups is 1. The summed E-state index contributed by atoms with van der Waals surface area (Å²) < 4.78 is 0. The van der Waals surface area contributed by atoms with Gasteiger partial charge >= 0.3 is 0 Å². The van der Waals surface area contributed by atoms with E-state index in [0.717, 1.165) is 43.7 Å². The number of nitrogens with one attached hydrogen (secondary N) is 1. The predicted octanol–water partition coefficient (Wildman–Crippen LogP) is 0.845. The molecular weight excluding hydrogens is 248 g/mol. The molecule has 18 heavy (non-hydrogen) atoms. The van der Waals surface area contributed by atoms with Gasteiger partial charge in [-0.2, -0.15) is 11.8 Å². The lowest BCUT2D eigenvalue weighted by molar-refractivity contribution is -0.129. The summed E-state index contributed by atoms with van der Waals surface area (Å²) >= 11 is 1.90. The summed E-state index contributed by atoms with van der Waals surface area (Å²) in [5, 5.41) is 12.8. The van der Waals surface area contributed by atoms with Crippen molar-refractivity contribution < 1.29 is 9.90 Å². The summed E-state index contributed by atoms with van der Waals surface area (Å²) in [6.07, 6.45) is 5.03. The predicted molar refractivity (Wildman–Crippen MR) is 74.8 cm³/mol. The van der Waals surface area contributed by atoms with Gasteiger partial charge in [-0.15, -0.1) is 0 Å². The fourth-order valence-corrected chi connectivity index (χ4v) is 4.11. The molecule has 0 saturated carbocycles. The molecule has 2 saturated heterocycles. The van der Waals surface area contributed by atoms with E-state index in [-0.39, 0.29) is 24.1 Å². The van der Waals surface area contributed by atoms with E-state index in [2.05, 4.69) is 10.2 Å².